The van der Waals surface area contributed by atoms with Crippen molar-refractivity contribution in [2.45, 2.75) is 39.7 Å². The van der Waals surface area contributed by atoms with Gasteiger partial charge in [-0.05, 0) is 44.7 Å². The first kappa shape index (κ1) is 18.9. The number of nitrogens with one attached hydrogen (secondary N) is 2. The van der Waals surface area contributed by atoms with E-state index in [0.717, 1.165) is 42.7 Å². The van der Waals surface area contributed by atoms with E-state index in [9.17, 15) is 4.79 Å². The fourth-order valence-corrected chi connectivity index (χ4v) is 3.07. The summed E-state index contributed by atoms with van der Waals surface area (Å²) in [5, 5.41) is 5.65. The minimum Gasteiger partial charge on any atom is -0.467 e. The summed E-state index contributed by atoms with van der Waals surface area (Å²) in [5.41, 5.74) is 2.95. The van der Waals surface area contributed by atoms with Crippen molar-refractivity contribution in [1.82, 2.24) is 20.3 Å². The van der Waals surface area contributed by atoms with E-state index in [1.165, 1.54) is 13.5 Å². The number of methoxy groups -OCH3 is 1. The molecule has 0 unspecified atom stereocenters. The van der Waals surface area contributed by atoms with Crippen molar-refractivity contribution in [2.24, 2.45) is 0 Å². The Morgan fingerprint density at radius 3 is 2.63 bits per heavy atom. The number of aryl methyl sites for hydroxylation is 2. The summed E-state index contributed by atoms with van der Waals surface area (Å²) in [6.07, 6.45) is 3.48. The molecule has 2 heterocycles. The molecule has 0 spiro atoms. The largest absolute Gasteiger partial charge is 0.467 e. The highest BCUT2D eigenvalue weighted by atomic mass is 16.5. The molecule has 0 atom stereocenters. The second-order valence-corrected chi connectivity index (χ2v) is 6.71. The quantitative estimate of drug-likeness (QED) is 0.841. The highest BCUT2D eigenvalue weighted by molar-refractivity contribution is 5.90. The number of carbonyl (C=O) groups excluding carboxylic acids is 1. The van der Waals surface area contributed by atoms with Crippen molar-refractivity contribution in [1.29, 1.82) is 0 Å². The molecule has 1 aromatic carbocycles. The van der Waals surface area contributed by atoms with Crippen LogP contribution in [0.25, 0.3) is 0 Å². The Morgan fingerprint density at radius 2 is 1.93 bits per heavy atom. The SMILES string of the molecule is COc1nc(CNC(=O)Nc2ccc(C)cc2C)nc(N2CCCCC2)n1. The second-order valence-electron chi connectivity index (χ2n) is 6.71. The number of nitrogens with zero attached hydrogens (tertiary/aromatic N) is 4. The maximum atomic E-state index is 12.2. The molecule has 0 saturated carbocycles. The second kappa shape index (κ2) is 8.66. The van der Waals surface area contributed by atoms with Crippen molar-refractivity contribution in [3.05, 3.63) is 35.2 Å². The van der Waals surface area contributed by atoms with E-state index in [1.807, 2.05) is 32.0 Å². The number of piperidine rings is 1. The Labute approximate surface area is 159 Å². The van der Waals surface area contributed by atoms with Crippen molar-refractivity contribution >= 4 is 17.7 Å². The lowest BCUT2D eigenvalue weighted by molar-refractivity contribution is 0.251. The fourth-order valence-electron chi connectivity index (χ4n) is 3.07. The first-order valence-electron chi connectivity index (χ1n) is 9.21. The molecule has 1 fully saturated rings. The molecular formula is C19H26N6O2. The van der Waals surface area contributed by atoms with Gasteiger partial charge in [0.05, 0.1) is 13.7 Å². The smallest absolute Gasteiger partial charge is 0.321 e. The topological polar surface area (TPSA) is 92.3 Å². The van der Waals surface area contributed by atoms with Gasteiger partial charge in [-0.3, -0.25) is 0 Å². The molecule has 8 nitrogen and oxygen atoms in total. The molecule has 0 aliphatic carbocycles. The summed E-state index contributed by atoms with van der Waals surface area (Å²) in [4.78, 5) is 27.4. The van der Waals surface area contributed by atoms with Crippen LogP contribution in [0.4, 0.5) is 16.4 Å². The van der Waals surface area contributed by atoms with Crippen molar-refractivity contribution in [3.8, 4) is 6.01 Å². The van der Waals surface area contributed by atoms with Crippen molar-refractivity contribution in [3.63, 3.8) is 0 Å². The number of ether oxygens (including phenoxy) is 1. The minimum atomic E-state index is -0.305. The van der Waals surface area contributed by atoms with E-state index in [0.29, 0.717) is 11.8 Å². The minimum absolute atomic E-state index is 0.191. The predicted octanol–water partition coefficient (Wildman–Crippen LogP) is 2.81. The van der Waals surface area contributed by atoms with E-state index in [1.54, 1.807) is 0 Å². The molecule has 1 aliphatic rings. The first-order chi connectivity index (χ1) is 13.0. The van der Waals surface area contributed by atoms with Crippen molar-refractivity contribution in [2.75, 3.05) is 30.4 Å². The number of amides is 2. The molecule has 1 saturated heterocycles. The van der Waals surface area contributed by atoms with Gasteiger partial charge in [-0.2, -0.15) is 15.0 Å². The summed E-state index contributed by atoms with van der Waals surface area (Å²) in [6.45, 7) is 6.02. The van der Waals surface area contributed by atoms with Gasteiger partial charge in [0.25, 0.3) is 0 Å². The molecule has 144 valence electrons. The van der Waals surface area contributed by atoms with Crippen molar-refractivity contribution < 1.29 is 9.53 Å². The number of benzene rings is 1. The number of hydrogen-bond acceptors (Lipinski definition) is 6. The Kier molecular flexibility index (Phi) is 6.05. The Hall–Kier alpha value is -2.90. The summed E-state index contributed by atoms with van der Waals surface area (Å²) < 4.78 is 5.20. The normalized spacial score (nSPS) is 14.0. The number of hydrogen-bond donors (Lipinski definition) is 2. The third-order valence-corrected chi connectivity index (χ3v) is 4.51. The standard InChI is InChI=1S/C19H26N6O2/c1-13-7-8-15(14(2)11-13)21-18(26)20-12-16-22-17(24-19(23-16)27-3)25-9-5-4-6-10-25/h7-8,11H,4-6,9-10,12H2,1-3H3,(H2,20,21,26). The summed E-state index contributed by atoms with van der Waals surface area (Å²) in [6, 6.07) is 5.84. The first-order valence-corrected chi connectivity index (χ1v) is 9.21. The third kappa shape index (κ3) is 5.06. The summed E-state index contributed by atoms with van der Waals surface area (Å²) >= 11 is 0. The van der Waals surface area contributed by atoms with E-state index >= 15 is 0 Å². The lowest BCUT2D eigenvalue weighted by Gasteiger charge is -2.26. The maximum absolute atomic E-state index is 12.2. The van der Waals surface area contributed by atoms with Crippen LogP contribution in [-0.4, -0.2) is 41.2 Å². The molecule has 0 radical (unpaired) electrons. The van der Waals surface area contributed by atoms with Gasteiger partial charge in [-0.25, -0.2) is 4.79 Å². The molecule has 2 aromatic rings. The molecule has 3 rings (SSSR count). The van der Waals surface area contributed by atoms with Crippen LogP contribution < -0.4 is 20.3 Å². The predicted molar refractivity (Wildman–Crippen MR) is 104 cm³/mol. The average Bonchev–Trinajstić information content (AvgIpc) is 2.69. The number of urea groups is 1. The van der Waals surface area contributed by atoms with Crippen LogP contribution in [0.15, 0.2) is 18.2 Å². The zero-order valence-electron chi connectivity index (χ0n) is 16.1. The van der Waals surface area contributed by atoms with Crippen LogP contribution in [0.1, 0.15) is 36.2 Å². The number of anilines is 2. The Morgan fingerprint density at radius 1 is 1.15 bits per heavy atom. The van der Waals surface area contributed by atoms with Crippen LogP contribution in [0.2, 0.25) is 0 Å². The summed E-state index contributed by atoms with van der Waals surface area (Å²) in [5.74, 6) is 1.08. The molecule has 1 aromatic heterocycles. The van der Waals surface area contributed by atoms with E-state index in [-0.39, 0.29) is 18.6 Å². The lowest BCUT2D eigenvalue weighted by atomic mass is 10.1. The Bertz CT molecular complexity index is 805. The third-order valence-electron chi connectivity index (χ3n) is 4.51. The molecule has 1 aliphatic heterocycles. The average molecular weight is 370 g/mol. The van der Waals surface area contributed by atoms with Gasteiger partial charge in [0.1, 0.15) is 0 Å². The molecule has 8 heteroatoms. The fraction of sp³-hybridized carbons (Fsp3) is 0.474. The monoisotopic (exact) mass is 370 g/mol. The highest BCUT2D eigenvalue weighted by Gasteiger charge is 2.17. The maximum Gasteiger partial charge on any atom is 0.321 e. The molecule has 0 bridgehead atoms. The van der Waals surface area contributed by atoms with Gasteiger partial charge < -0.3 is 20.3 Å². The zero-order valence-corrected chi connectivity index (χ0v) is 16.1. The zero-order chi connectivity index (χ0) is 19.2. The van der Waals surface area contributed by atoms with Gasteiger partial charge in [-0.15, -0.1) is 0 Å². The number of aromatic nitrogens is 3. The molecule has 2 N–H and O–H groups in total. The van der Waals surface area contributed by atoms with Gasteiger partial charge >= 0.3 is 12.0 Å². The van der Waals surface area contributed by atoms with Gasteiger partial charge in [0.2, 0.25) is 5.95 Å². The highest BCUT2D eigenvalue weighted by Crippen LogP contribution is 2.18. The number of rotatable bonds is 5. The van der Waals surface area contributed by atoms with Gasteiger partial charge in [0, 0.05) is 18.8 Å². The van der Waals surface area contributed by atoms with Gasteiger partial charge in [0.15, 0.2) is 5.82 Å². The van der Waals surface area contributed by atoms with E-state index in [2.05, 4.69) is 30.5 Å². The van der Waals surface area contributed by atoms with Crippen LogP contribution >= 0.6 is 0 Å². The van der Waals surface area contributed by atoms with E-state index in [4.69, 9.17) is 4.74 Å². The van der Waals surface area contributed by atoms with Crippen LogP contribution in [0, 0.1) is 13.8 Å². The molecule has 27 heavy (non-hydrogen) atoms. The van der Waals surface area contributed by atoms with E-state index < -0.39 is 0 Å². The lowest BCUT2D eigenvalue weighted by Crippen LogP contribution is -2.32. The molecule has 2 amide bonds. The molecular weight excluding hydrogens is 344 g/mol. The Balaban J connectivity index is 1.64. The number of carbonyl (C=O) groups is 1. The van der Waals surface area contributed by atoms with Gasteiger partial charge in [-0.1, -0.05) is 17.7 Å². The van der Waals surface area contributed by atoms with Crippen LogP contribution in [0.3, 0.4) is 0 Å². The van der Waals surface area contributed by atoms with Crippen LogP contribution in [0.5, 0.6) is 6.01 Å². The summed E-state index contributed by atoms with van der Waals surface area (Å²) in [7, 11) is 1.53. The van der Waals surface area contributed by atoms with Crippen LogP contribution in [-0.2, 0) is 6.54 Å².